The first kappa shape index (κ1) is 24.1. The Labute approximate surface area is 151 Å². The molecule has 0 bridgehead atoms. The molecule has 3 nitrogen and oxygen atoms in total. The average molecular weight is 383 g/mol. The van der Waals surface area contributed by atoms with E-state index >= 15 is 0 Å². The van der Waals surface area contributed by atoms with Gasteiger partial charge < -0.3 is 0 Å². The predicted octanol–water partition coefficient (Wildman–Crippen LogP) is 7.01. The van der Waals surface area contributed by atoms with Gasteiger partial charge in [0.2, 0.25) is 0 Å². The van der Waals surface area contributed by atoms with Crippen molar-refractivity contribution < 1.29 is 13.8 Å². The quantitative estimate of drug-likeness (QED) is 0.381. The van der Waals surface area contributed by atoms with E-state index in [4.69, 9.17) is 9.05 Å². The summed E-state index contributed by atoms with van der Waals surface area (Å²) >= 11 is 0. The fraction of sp³-hybridized carbons (Fsp3) is 0.947. The molecule has 0 fully saturated rings. The molecule has 0 atom stereocenters. The Bertz CT molecular complexity index is 364. The summed E-state index contributed by atoms with van der Waals surface area (Å²) in [6.07, 6.45) is 5.24. The number of hydrogen-bond donors (Lipinski definition) is 0. The van der Waals surface area contributed by atoms with Crippen LogP contribution in [0.1, 0.15) is 69.2 Å². The van der Waals surface area contributed by atoms with Gasteiger partial charge >= 0.3 is 151 Å². The summed E-state index contributed by atoms with van der Waals surface area (Å²) in [5, 5.41) is 0. The second-order valence-electron chi connectivity index (χ2n) is 7.94. The molecule has 0 heterocycles. The van der Waals surface area contributed by atoms with E-state index in [1.165, 1.54) is 0 Å². The molecule has 0 aliphatic rings. The van der Waals surface area contributed by atoms with E-state index in [0.717, 1.165) is 37.0 Å². The van der Waals surface area contributed by atoms with Crippen molar-refractivity contribution in [3.05, 3.63) is 0 Å². The molecule has 0 N–H and O–H groups in total. The maximum absolute atomic E-state index is 13.1. The Kier molecular flexibility index (Phi) is 8.26. The van der Waals surface area contributed by atoms with Gasteiger partial charge in [0.05, 0.1) is 0 Å². The minimum atomic E-state index is -2.55. The Hall–Kier alpha value is 0.130. The van der Waals surface area contributed by atoms with Crippen LogP contribution in [-0.4, -0.2) is 54.4 Å². The van der Waals surface area contributed by atoms with Crippen molar-refractivity contribution in [3.8, 4) is 0 Å². The molecule has 148 valence electrons. The number of rotatable bonds is 10. The number of carbonyl (C=O) groups excluding carboxylic acids is 1. The first-order chi connectivity index (χ1) is 11.0. The van der Waals surface area contributed by atoms with Crippen molar-refractivity contribution in [1.29, 1.82) is 0 Å². The standard InChI is InChI=1S/C19H44O3P2/c1-11-23(12-2,13-3,17(7)8)21-19(20)22-24(14-4,15-5,16-6)18(9)10/h17-18H,11-16H2,1-10H3. The fourth-order valence-corrected chi connectivity index (χ4v) is 13.7. The van der Waals surface area contributed by atoms with Crippen molar-refractivity contribution in [2.45, 2.75) is 80.6 Å². The number of hydrogen-bond acceptors (Lipinski definition) is 3. The van der Waals surface area contributed by atoms with Gasteiger partial charge in [-0.05, 0) is 0 Å². The van der Waals surface area contributed by atoms with Crippen molar-refractivity contribution in [3.63, 3.8) is 0 Å². The van der Waals surface area contributed by atoms with E-state index in [-0.39, 0.29) is 6.16 Å². The predicted molar refractivity (Wildman–Crippen MR) is 115 cm³/mol. The van der Waals surface area contributed by atoms with Crippen LogP contribution in [0.4, 0.5) is 4.79 Å². The van der Waals surface area contributed by atoms with Gasteiger partial charge in [-0.3, -0.25) is 0 Å². The van der Waals surface area contributed by atoms with Gasteiger partial charge in [-0.25, -0.2) is 0 Å². The molecular formula is C19H44O3P2. The van der Waals surface area contributed by atoms with Crippen LogP contribution in [0, 0.1) is 0 Å². The van der Waals surface area contributed by atoms with E-state index in [1.807, 2.05) is 0 Å². The van der Waals surface area contributed by atoms with E-state index in [0.29, 0.717) is 11.3 Å². The zero-order valence-electron chi connectivity index (χ0n) is 18.0. The molecule has 0 saturated carbocycles. The van der Waals surface area contributed by atoms with E-state index in [2.05, 4.69) is 69.2 Å². The molecule has 0 aliphatic carbocycles. The van der Waals surface area contributed by atoms with Crippen molar-refractivity contribution in [1.82, 2.24) is 0 Å². The van der Waals surface area contributed by atoms with Crippen molar-refractivity contribution in [2.75, 3.05) is 37.0 Å². The van der Waals surface area contributed by atoms with Crippen molar-refractivity contribution >= 4 is 19.8 Å². The van der Waals surface area contributed by atoms with Crippen LogP contribution in [0.15, 0.2) is 0 Å². The molecule has 5 heteroatoms. The van der Waals surface area contributed by atoms with Gasteiger partial charge in [0.25, 0.3) is 0 Å². The maximum atomic E-state index is 13.1. The molecule has 0 spiro atoms. The molecule has 0 aromatic heterocycles. The third-order valence-electron chi connectivity index (χ3n) is 7.81. The first-order valence-corrected chi connectivity index (χ1v) is 15.5. The van der Waals surface area contributed by atoms with Gasteiger partial charge in [0.1, 0.15) is 0 Å². The molecule has 0 saturated heterocycles. The normalized spacial score (nSPS) is 16.3. The molecule has 0 rings (SSSR count). The summed E-state index contributed by atoms with van der Waals surface area (Å²) in [5.74, 6) is 0. The van der Waals surface area contributed by atoms with Crippen LogP contribution in [0.25, 0.3) is 0 Å². The SMILES string of the molecule is CCP(CC)(CC)(OC(=O)OP(CC)(CC)(CC)C(C)C)C(C)C. The summed E-state index contributed by atoms with van der Waals surface area (Å²) in [7, 11) is 0. The van der Waals surface area contributed by atoms with Crippen LogP contribution >= 0.6 is 13.7 Å². The van der Waals surface area contributed by atoms with Gasteiger partial charge in [-0.2, -0.15) is 0 Å². The molecule has 24 heavy (non-hydrogen) atoms. The van der Waals surface area contributed by atoms with Crippen LogP contribution < -0.4 is 0 Å². The Morgan fingerprint density at radius 2 is 0.833 bits per heavy atom. The fourth-order valence-electron chi connectivity index (χ4n) is 4.55. The molecular weight excluding hydrogens is 338 g/mol. The second kappa shape index (κ2) is 8.22. The molecule has 0 unspecified atom stereocenters. The summed E-state index contributed by atoms with van der Waals surface area (Å²) in [5.41, 5.74) is 0.747. The molecule has 0 aromatic rings. The average Bonchev–Trinajstić information content (AvgIpc) is 2.58. The van der Waals surface area contributed by atoms with Gasteiger partial charge in [0.15, 0.2) is 0 Å². The van der Waals surface area contributed by atoms with Crippen LogP contribution in [0.3, 0.4) is 0 Å². The first-order valence-electron chi connectivity index (χ1n) is 9.94. The van der Waals surface area contributed by atoms with Gasteiger partial charge in [0, 0.05) is 0 Å². The third-order valence-corrected chi connectivity index (χ3v) is 23.4. The zero-order chi connectivity index (χ0) is 19.3. The van der Waals surface area contributed by atoms with Crippen LogP contribution in [0.2, 0.25) is 0 Å². The minimum absolute atomic E-state index is 0.374. The summed E-state index contributed by atoms with van der Waals surface area (Å²) in [4.78, 5) is 13.1. The van der Waals surface area contributed by atoms with Gasteiger partial charge in [-0.1, -0.05) is 0 Å². The summed E-state index contributed by atoms with van der Waals surface area (Å²) in [6.45, 7) is 16.8. The third kappa shape index (κ3) is 3.64. The molecule has 0 radical (unpaired) electrons. The van der Waals surface area contributed by atoms with E-state index in [1.54, 1.807) is 0 Å². The van der Waals surface area contributed by atoms with E-state index in [9.17, 15) is 4.79 Å². The molecule has 0 aromatic carbocycles. The van der Waals surface area contributed by atoms with Crippen LogP contribution in [-0.2, 0) is 9.05 Å². The van der Waals surface area contributed by atoms with Gasteiger partial charge in [-0.15, -0.1) is 0 Å². The number of carbonyl (C=O) groups is 1. The summed E-state index contributed by atoms with van der Waals surface area (Å²) in [6, 6.07) is 0. The summed E-state index contributed by atoms with van der Waals surface area (Å²) < 4.78 is 12.7. The monoisotopic (exact) mass is 382 g/mol. The molecule has 0 amide bonds. The second-order valence-corrected chi connectivity index (χ2v) is 21.0. The Morgan fingerprint density at radius 3 is 0.958 bits per heavy atom. The Balaban J connectivity index is 5.88. The van der Waals surface area contributed by atoms with E-state index < -0.39 is 13.7 Å². The Morgan fingerprint density at radius 1 is 0.625 bits per heavy atom. The zero-order valence-corrected chi connectivity index (χ0v) is 19.8. The molecule has 0 aliphatic heterocycles. The topological polar surface area (TPSA) is 35.5 Å². The van der Waals surface area contributed by atoms with Crippen LogP contribution in [0.5, 0.6) is 0 Å². The van der Waals surface area contributed by atoms with Crippen molar-refractivity contribution in [2.24, 2.45) is 0 Å².